The second kappa shape index (κ2) is 2.98. The van der Waals surface area contributed by atoms with Crippen molar-refractivity contribution in [3.05, 3.63) is 0 Å². The molecule has 2 rings (SSSR count). The Morgan fingerprint density at radius 3 is 2.85 bits per heavy atom. The largest absolute Gasteiger partial charge is 0.481 e. The van der Waals surface area contributed by atoms with Crippen LogP contribution >= 0.6 is 0 Å². The molecule has 13 heavy (non-hydrogen) atoms. The first-order valence-electron chi connectivity index (χ1n) is 5.07. The molecule has 0 aromatic rings. The van der Waals surface area contributed by atoms with Crippen molar-refractivity contribution >= 4 is 5.97 Å². The van der Waals surface area contributed by atoms with Crippen LogP contribution < -0.4 is 5.73 Å². The summed E-state index contributed by atoms with van der Waals surface area (Å²) in [6.45, 7) is 0.544. The third-order valence-corrected chi connectivity index (χ3v) is 3.77. The standard InChI is InChI=1S/C10H17NO2/c11-6-10(5-9(12)13)2-1-7-3-8(7)4-10/h7-8H,1-6,11H2,(H,12,13)/t7-,8?,10?/m0/s1. The number of hydrogen-bond donors (Lipinski definition) is 2. The molecule has 0 aromatic carbocycles. The van der Waals surface area contributed by atoms with Gasteiger partial charge in [-0.3, -0.25) is 4.79 Å². The number of nitrogens with two attached hydrogens (primary N) is 1. The maximum atomic E-state index is 10.7. The minimum atomic E-state index is -0.690. The fraction of sp³-hybridized carbons (Fsp3) is 0.900. The molecule has 0 saturated heterocycles. The third-order valence-electron chi connectivity index (χ3n) is 3.77. The Hall–Kier alpha value is -0.570. The average molecular weight is 183 g/mol. The molecule has 3 N–H and O–H groups in total. The van der Waals surface area contributed by atoms with Gasteiger partial charge in [0.15, 0.2) is 0 Å². The van der Waals surface area contributed by atoms with E-state index in [1.54, 1.807) is 0 Å². The molecule has 3 nitrogen and oxygen atoms in total. The first-order chi connectivity index (χ1) is 6.15. The topological polar surface area (TPSA) is 63.3 Å². The van der Waals surface area contributed by atoms with Gasteiger partial charge in [-0.1, -0.05) is 0 Å². The van der Waals surface area contributed by atoms with Gasteiger partial charge >= 0.3 is 5.97 Å². The monoisotopic (exact) mass is 183 g/mol. The summed E-state index contributed by atoms with van der Waals surface area (Å²) in [7, 11) is 0. The van der Waals surface area contributed by atoms with Gasteiger partial charge in [0, 0.05) is 0 Å². The number of carbonyl (C=O) groups is 1. The van der Waals surface area contributed by atoms with E-state index in [2.05, 4.69) is 0 Å². The van der Waals surface area contributed by atoms with Crippen molar-refractivity contribution in [2.75, 3.05) is 6.54 Å². The highest BCUT2D eigenvalue weighted by molar-refractivity contribution is 5.67. The van der Waals surface area contributed by atoms with E-state index >= 15 is 0 Å². The molecule has 0 aliphatic heterocycles. The van der Waals surface area contributed by atoms with Gasteiger partial charge in [0.1, 0.15) is 0 Å². The van der Waals surface area contributed by atoms with Crippen molar-refractivity contribution in [1.29, 1.82) is 0 Å². The number of carboxylic acids is 1. The summed E-state index contributed by atoms with van der Waals surface area (Å²) in [5.41, 5.74) is 5.64. The molecule has 2 aliphatic carbocycles. The maximum Gasteiger partial charge on any atom is 0.303 e. The zero-order chi connectivity index (χ0) is 9.47. The molecular weight excluding hydrogens is 166 g/mol. The summed E-state index contributed by atoms with van der Waals surface area (Å²) < 4.78 is 0. The maximum absolute atomic E-state index is 10.7. The lowest BCUT2D eigenvalue weighted by molar-refractivity contribution is -0.140. The van der Waals surface area contributed by atoms with Gasteiger partial charge in [-0.05, 0) is 49.5 Å². The highest BCUT2D eigenvalue weighted by Crippen LogP contribution is 2.56. The Labute approximate surface area is 78.3 Å². The van der Waals surface area contributed by atoms with E-state index in [1.165, 1.54) is 12.8 Å². The number of aliphatic carboxylic acids is 1. The minimum Gasteiger partial charge on any atom is -0.481 e. The van der Waals surface area contributed by atoms with E-state index in [0.29, 0.717) is 6.54 Å². The lowest BCUT2D eigenvalue weighted by Crippen LogP contribution is -2.35. The van der Waals surface area contributed by atoms with Crippen molar-refractivity contribution in [2.45, 2.75) is 32.1 Å². The molecule has 3 atom stereocenters. The number of carboxylic acid groups (broad SMARTS) is 1. The molecule has 0 radical (unpaired) electrons. The summed E-state index contributed by atoms with van der Waals surface area (Å²) in [5, 5.41) is 8.81. The Kier molecular flexibility index (Phi) is 2.06. The Balaban J connectivity index is 2.01. The molecule has 0 aromatic heterocycles. The van der Waals surface area contributed by atoms with Gasteiger partial charge in [-0.2, -0.15) is 0 Å². The van der Waals surface area contributed by atoms with Crippen LogP contribution in [0.25, 0.3) is 0 Å². The molecule has 2 aliphatic rings. The Morgan fingerprint density at radius 2 is 2.31 bits per heavy atom. The van der Waals surface area contributed by atoms with Crippen molar-refractivity contribution in [1.82, 2.24) is 0 Å². The van der Waals surface area contributed by atoms with Crippen LogP contribution in [-0.4, -0.2) is 17.6 Å². The normalized spacial score (nSPS) is 42.5. The van der Waals surface area contributed by atoms with Gasteiger partial charge < -0.3 is 10.8 Å². The van der Waals surface area contributed by atoms with Crippen LogP contribution in [0.4, 0.5) is 0 Å². The summed E-state index contributed by atoms with van der Waals surface area (Å²) in [5.74, 6) is 1.02. The molecule has 0 heterocycles. The molecule has 0 amide bonds. The van der Waals surface area contributed by atoms with Crippen molar-refractivity contribution < 1.29 is 9.90 Å². The summed E-state index contributed by atoms with van der Waals surface area (Å²) in [4.78, 5) is 10.7. The van der Waals surface area contributed by atoms with Crippen LogP contribution in [0.2, 0.25) is 0 Å². The number of hydrogen-bond acceptors (Lipinski definition) is 2. The average Bonchev–Trinajstić information content (AvgIpc) is 2.81. The molecule has 0 bridgehead atoms. The zero-order valence-electron chi connectivity index (χ0n) is 7.83. The Morgan fingerprint density at radius 1 is 1.54 bits per heavy atom. The Bertz CT molecular complexity index is 229. The quantitative estimate of drug-likeness (QED) is 0.691. The van der Waals surface area contributed by atoms with E-state index in [4.69, 9.17) is 10.8 Å². The molecule has 2 fully saturated rings. The van der Waals surface area contributed by atoms with Crippen LogP contribution in [0, 0.1) is 17.3 Å². The van der Waals surface area contributed by atoms with Gasteiger partial charge in [0.2, 0.25) is 0 Å². The summed E-state index contributed by atoms with van der Waals surface area (Å²) >= 11 is 0. The van der Waals surface area contributed by atoms with E-state index in [-0.39, 0.29) is 11.8 Å². The van der Waals surface area contributed by atoms with E-state index in [1.807, 2.05) is 0 Å². The second-order valence-corrected chi connectivity index (χ2v) is 4.77. The first-order valence-corrected chi connectivity index (χ1v) is 5.07. The molecule has 74 valence electrons. The van der Waals surface area contributed by atoms with Crippen LogP contribution in [0.15, 0.2) is 0 Å². The predicted molar refractivity (Wildman–Crippen MR) is 49.2 cm³/mol. The molecular formula is C10H17NO2. The van der Waals surface area contributed by atoms with Gasteiger partial charge in [0.25, 0.3) is 0 Å². The lowest BCUT2D eigenvalue weighted by atomic mass is 9.72. The summed E-state index contributed by atoms with van der Waals surface area (Å²) in [6.07, 6.45) is 4.88. The van der Waals surface area contributed by atoms with E-state index in [0.717, 1.165) is 24.7 Å². The second-order valence-electron chi connectivity index (χ2n) is 4.77. The predicted octanol–water partition coefficient (Wildman–Crippen LogP) is 1.23. The molecule has 2 unspecified atom stereocenters. The molecule has 2 saturated carbocycles. The highest BCUT2D eigenvalue weighted by Gasteiger charge is 2.48. The van der Waals surface area contributed by atoms with Crippen LogP contribution in [0.1, 0.15) is 32.1 Å². The SMILES string of the molecule is NCC1(CC(=O)O)CC[C@H]2CC2C1. The van der Waals surface area contributed by atoms with E-state index < -0.39 is 5.97 Å². The number of rotatable bonds is 3. The first kappa shape index (κ1) is 9.00. The number of fused-ring (bicyclic) bond motifs is 1. The van der Waals surface area contributed by atoms with Crippen LogP contribution in [0.3, 0.4) is 0 Å². The highest BCUT2D eigenvalue weighted by atomic mass is 16.4. The minimum absolute atomic E-state index is 0.0660. The smallest absolute Gasteiger partial charge is 0.303 e. The van der Waals surface area contributed by atoms with Crippen molar-refractivity contribution in [3.8, 4) is 0 Å². The lowest BCUT2D eigenvalue weighted by Gasteiger charge is -2.34. The fourth-order valence-corrected chi connectivity index (χ4v) is 2.80. The van der Waals surface area contributed by atoms with Crippen LogP contribution in [-0.2, 0) is 4.79 Å². The van der Waals surface area contributed by atoms with Crippen molar-refractivity contribution in [3.63, 3.8) is 0 Å². The van der Waals surface area contributed by atoms with Crippen LogP contribution in [0.5, 0.6) is 0 Å². The van der Waals surface area contributed by atoms with Crippen molar-refractivity contribution in [2.24, 2.45) is 23.0 Å². The molecule has 0 spiro atoms. The van der Waals surface area contributed by atoms with Gasteiger partial charge in [-0.25, -0.2) is 0 Å². The van der Waals surface area contributed by atoms with E-state index in [9.17, 15) is 4.79 Å². The van der Waals surface area contributed by atoms with Gasteiger partial charge in [-0.15, -0.1) is 0 Å². The third kappa shape index (κ3) is 1.70. The van der Waals surface area contributed by atoms with Gasteiger partial charge in [0.05, 0.1) is 6.42 Å². The zero-order valence-corrected chi connectivity index (χ0v) is 7.83. The summed E-state index contributed by atoms with van der Waals surface area (Å²) in [6, 6.07) is 0. The molecule has 3 heteroatoms. The fourth-order valence-electron chi connectivity index (χ4n) is 2.80.